The minimum absolute atomic E-state index is 0.127. The normalized spacial score (nSPS) is 11.3. The largest absolute Gasteiger partial charge is 0.440 e. The van der Waals surface area contributed by atoms with Crippen molar-refractivity contribution in [1.82, 2.24) is 0 Å². The van der Waals surface area contributed by atoms with E-state index >= 15 is 0 Å². The lowest BCUT2D eigenvalue weighted by atomic mass is 10.1. The van der Waals surface area contributed by atoms with Crippen molar-refractivity contribution in [3.63, 3.8) is 0 Å². The van der Waals surface area contributed by atoms with Crippen molar-refractivity contribution in [3.8, 4) is 0 Å². The van der Waals surface area contributed by atoms with Gasteiger partial charge in [-0.05, 0) is 37.8 Å². The van der Waals surface area contributed by atoms with E-state index in [0.717, 1.165) is 51.9 Å². The molecule has 6 heteroatoms. The Bertz CT molecular complexity index is 1010. The Morgan fingerprint density at radius 2 is 0.933 bits per heavy atom. The molecular weight excluding hydrogens is 380 g/mol. The summed E-state index contributed by atoms with van der Waals surface area (Å²) >= 11 is 0. The van der Waals surface area contributed by atoms with Crippen LogP contribution in [0.4, 0.5) is 11.8 Å². The number of fused-ring (bicyclic) bond motifs is 2. The molecule has 3 aromatic rings. The van der Waals surface area contributed by atoms with Crippen molar-refractivity contribution < 1.29 is 8.83 Å². The first-order valence-electron chi connectivity index (χ1n) is 11.1. The highest BCUT2D eigenvalue weighted by molar-refractivity contribution is 5.93. The maximum atomic E-state index is 12.8. The Balaban J connectivity index is 2.15. The average Bonchev–Trinajstić information content (AvgIpc) is 2.72. The van der Waals surface area contributed by atoms with Crippen LogP contribution < -0.4 is 20.7 Å². The molecule has 1 aromatic carbocycles. The molecular formula is C24H32N2O4. The summed E-state index contributed by atoms with van der Waals surface area (Å²) in [5, 5.41) is 0.856. The molecule has 0 bridgehead atoms. The summed E-state index contributed by atoms with van der Waals surface area (Å²) in [6.07, 6.45) is 3.82. The van der Waals surface area contributed by atoms with Gasteiger partial charge in [-0.1, -0.05) is 27.7 Å². The minimum atomic E-state index is -0.127. The summed E-state index contributed by atoms with van der Waals surface area (Å²) < 4.78 is 12.1. The molecule has 30 heavy (non-hydrogen) atoms. The van der Waals surface area contributed by atoms with Crippen LogP contribution in [0.1, 0.15) is 53.4 Å². The second-order valence-corrected chi connectivity index (χ2v) is 7.72. The van der Waals surface area contributed by atoms with Crippen LogP contribution in [0.5, 0.6) is 0 Å². The maximum absolute atomic E-state index is 12.8. The van der Waals surface area contributed by atoms with E-state index in [4.69, 9.17) is 8.83 Å². The molecule has 6 nitrogen and oxygen atoms in total. The summed E-state index contributed by atoms with van der Waals surface area (Å²) in [7, 11) is 0. The van der Waals surface area contributed by atoms with Gasteiger partial charge in [0.15, 0.2) is 22.6 Å². The Hall–Kier alpha value is -2.76. The molecule has 0 saturated carbocycles. The Morgan fingerprint density at radius 3 is 1.23 bits per heavy atom. The first-order valence-corrected chi connectivity index (χ1v) is 11.1. The third-order valence-corrected chi connectivity index (χ3v) is 5.15. The highest BCUT2D eigenvalue weighted by Gasteiger charge is 2.16. The van der Waals surface area contributed by atoms with Gasteiger partial charge < -0.3 is 18.6 Å². The molecule has 2 aromatic heterocycles. The van der Waals surface area contributed by atoms with Gasteiger partial charge in [0.2, 0.25) is 0 Å². The van der Waals surface area contributed by atoms with Gasteiger partial charge in [0, 0.05) is 38.3 Å². The Morgan fingerprint density at radius 1 is 0.600 bits per heavy atom. The van der Waals surface area contributed by atoms with Crippen molar-refractivity contribution in [2.45, 2.75) is 53.4 Å². The molecule has 0 atom stereocenters. The van der Waals surface area contributed by atoms with Gasteiger partial charge in [-0.25, -0.2) is 0 Å². The van der Waals surface area contributed by atoms with Crippen LogP contribution >= 0.6 is 0 Å². The van der Waals surface area contributed by atoms with Gasteiger partial charge in [0.05, 0.1) is 10.8 Å². The molecule has 0 aliphatic heterocycles. The van der Waals surface area contributed by atoms with E-state index in [1.807, 2.05) is 0 Å². The fraction of sp³-hybridized carbons (Fsp3) is 0.500. The summed E-state index contributed by atoms with van der Waals surface area (Å²) in [6.45, 7) is 11.6. The van der Waals surface area contributed by atoms with Crippen molar-refractivity contribution in [3.05, 3.63) is 44.7 Å². The second-order valence-electron chi connectivity index (χ2n) is 7.72. The van der Waals surface area contributed by atoms with Crippen LogP contribution in [0.25, 0.3) is 21.9 Å². The molecule has 0 unspecified atom stereocenters. The predicted molar refractivity (Wildman–Crippen MR) is 124 cm³/mol. The fourth-order valence-electron chi connectivity index (χ4n) is 3.83. The molecule has 0 radical (unpaired) electrons. The monoisotopic (exact) mass is 412 g/mol. The number of benzene rings is 1. The quantitative estimate of drug-likeness (QED) is 0.429. The van der Waals surface area contributed by atoms with E-state index in [2.05, 4.69) is 37.5 Å². The maximum Gasteiger partial charge on any atom is 0.199 e. The van der Waals surface area contributed by atoms with Crippen molar-refractivity contribution in [1.29, 1.82) is 0 Å². The molecule has 0 N–H and O–H groups in total. The van der Waals surface area contributed by atoms with E-state index in [1.165, 1.54) is 0 Å². The molecule has 0 fully saturated rings. The van der Waals surface area contributed by atoms with Gasteiger partial charge >= 0.3 is 0 Å². The van der Waals surface area contributed by atoms with Crippen molar-refractivity contribution in [2.75, 3.05) is 36.0 Å². The third-order valence-electron chi connectivity index (χ3n) is 5.15. The van der Waals surface area contributed by atoms with Crippen molar-refractivity contribution >= 4 is 33.7 Å². The van der Waals surface area contributed by atoms with E-state index in [0.29, 0.717) is 33.7 Å². The van der Waals surface area contributed by atoms with Crippen LogP contribution in [0, 0.1) is 0 Å². The second kappa shape index (κ2) is 9.83. The lowest BCUT2D eigenvalue weighted by Gasteiger charge is -2.22. The van der Waals surface area contributed by atoms with E-state index in [9.17, 15) is 9.59 Å². The number of anilines is 2. The fourth-order valence-corrected chi connectivity index (χ4v) is 3.83. The van der Waals surface area contributed by atoms with Crippen LogP contribution in [0.3, 0.4) is 0 Å². The van der Waals surface area contributed by atoms with Crippen LogP contribution in [-0.2, 0) is 0 Å². The molecule has 3 rings (SSSR count). The highest BCUT2D eigenvalue weighted by atomic mass is 16.4. The van der Waals surface area contributed by atoms with Crippen LogP contribution in [0.2, 0.25) is 0 Å². The number of rotatable bonds is 10. The zero-order valence-corrected chi connectivity index (χ0v) is 18.5. The summed E-state index contributed by atoms with van der Waals surface area (Å²) in [5.41, 5.74) is 0.581. The van der Waals surface area contributed by atoms with E-state index in [-0.39, 0.29) is 10.9 Å². The van der Waals surface area contributed by atoms with E-state index < -0.39 is 0 Å². The summed E-state index contributed by atoms with van der Waals surface area (Å²) in [4.78, 5) is 29.8. The molecule has 0 amide bonds. The third kappa shape index (κ3) is 4.53. The standard InChI is InChI=1S/C24H32N2O4/c1-5-9-25(10-6-2)23-15-19(27)17-14-22-18(13-21(17)29-23)20(28)16-24(30-22)26(11-7-3)12-8-4/h13-16H,5-12H2,1-4H3. The Kier molecular flexibility index (Phi) is 7.19. The molecule has 0 spiro atoms. The summed E-state index contributed by atoms with van der Waals surface area (Å²) in [6, 6.07) is 6.38. The lowest BCUT2D eigenvalue weighted by Crippen LogP contribution is -2.26. The lowest BCUT2D eigenvalue weighted by molar-refractivity contribution is 0.558. The molecule has 162 valence electrons. The van der Waals surface area contributed by atoms with Crippen LogP contribution in [-0.4, -0.2) is 26.2 Å². The first kappa shape index (κ1) is 21.9. The predicted octanol–water partition coefficient (Wildman–Crippen LogP) is 5.15. The zero-order chi connectivity index (χ0) is 21.7. The van der Waals surface area contributed by atoms with E-state index in [1.54, 1.807) is 24.3 Å². The SMILES string of the molecule is CCCN(CCC)c1cc(=O)c2cc3oc(N(CCC)CCC)cc(=O)c3cc2o1. The molecule has 0 saturated heterocycles. The van der Waals surface area contributed by atoms with Gasteiger partial charge in [0.25, 0.3) is 0 Å². The summed E-state index contributed by atoms with van der Waals surface area (Å²) in [5.74, 6) is 1.10. The number of hydrogen-bond donors (Lipinski definition) is 0. The highest BCUT2D eigenvalue weighted by Crippen LogP contribution is 2.26. The zero-order valence-electron chi connectivity index (χ0n) is 18.5. The van der Waals surface area contributed by atoms with Crippen molar-refractivity contribution in [2.24, 2.45) is 0 Å². The van der Waals surface area contributed by atoms with Gasteiger partial charge in [-0.2, -0.15) is 0 Å². The van der Waals surface area contributed by atoms with Gasteiger partial charge in [-0.3, -0.25) is 9.59 Å². The van der Waals surface area contributed by atoms with Crippen LogP contribution in [0.15, 0.2) is 42.7 Å². The smallest absolute Gasteiger partial charge is 0.199 e. The number of hydrogen-bond acceptors (Lipinski definition) is 6. The number of nitrogens with zero attached hydrogens (tertiary/aromatic N) is 2. The van der Waals surface area contributed by atoms with Gasteiger partial charge in [-0.15, -0.1) is 0 Å². The minimum Gasteiger partial charge on any atom is -0.440 e. The van der Waals surface area contributed by atoms with Gasteiger partial charge in [0.1, 0.15) is 11.2 Å². The topological polar surface area (TPSA) is 66.9 Å². The molecule has 2 heterocycles. The Labute approximate surface area is 177 Å². The first-order chi connectivity index (χ1) is 14.5. The molecule has 0 aliphatic rings. The molecule has 0 aliphatic carbocycles. The average molecular weight is 413 g/mol.